The smallest absolute Gasteiger partial charge is 0.326 e. The van der Waals surface area contributed by atoms with Crippen molar-refractivity contribution >= 4 is 71.1 Å². The summed E-state index contributed by atoms with van der Waals surface area (Å²) >= 11 is 0. The normalized spacial score (nSPS) is 15.2. The number of aliphatic hydroxyl groups is 2. The highest BCUT2D eigenvalue weighted by molar-refractivity contribution is 5.99. The highest BCUT2D eigenvalue weighted by Gasteiger charge is 2.36. The monoisotopic (exact) mass is 947 g/mol. The van der Waals surface area contributed by atoms with Gasteiger partial charge in [0.2, 0.25) is 47.3 Å². The van der Waals surface area contributed by atoms with Crippen molar-refractivity contribution in [3.8, 4) is 0 Å². The number of carboxylic acids is 4. The van der Waals surface area contributed by atoms with Crippen LogP contribution in [0.2, 0.25) is 0 Å². The molecule has 66 heavy (non-hydrogen) atoms. The quantitative estimate of drug-likeness (QED) is 0.0309. The maximum absolute atomic E-state index is 13.7. The SMILES string of the molecule is CC(C)C[C@H](NC(=O)[C@H](C)NC(=O)[C@@H](NC(=O)[C@@H](N)CCC(=O)O)C(C)C)C(=O)N[C@@H](CC(C)C)C(=O)N[C@@H](CO)C(=O)N[C@@H](CC(=O)O)C(=O)N[C@@H](CO)C(=O)N[C@@H](CC(=O)O)C(=O)O. The fourth-order valence-corrected chi connectivity index (χ4v) is 5.78. The van der Waals surface area contributed by atoms with Crippen LogP contribution < -0.4 is 48.3 Å². The van der Waals surface area contributed by atoms with Gasteiger partial charge in [-0.15, -0.1) is 0 Å². The maximum Gasteiger partial charge on any atom is 0.326 e. The summed E-state index contributed by atoms with van der Waals surface area (Å²) in [5.41, 5.74) is 5.77. The number of hydrogen-bond acceptors (Lipinski definition) is 15. The topological polar surface area (TPSA) is 448 Å². The minimum atomic E-state index is -2.04. The van der Waals surface area contributed by atoms with Gasteiger partial charge in [0.1, 0.15) is 48.3 Å². The molecule has 9 atom stereocenters. The van der Waals surface area contributed by atoms with E-state index in [4.69, 9.17) is 15.9 Å². The first-order valence-electron chi connectivity index (χ1n) is 20.8. The van der Waals surface area contributed by atoms with E-state index in [2.05, 4.69) is 26.6 Å². The first-order valence-corrected chi connectivity index (χ1v) is 20.8. The van der Waals surface area contributed by atoms with Gasteiger partial charge in [-0.25, -0.2) is 4.79 Å². The predicted octanol–water partition coefficient (Wildman–Crippen LogP) is -5.16. The summed E-state index contributed by atoms with van der Waals surface area (Å²) in [5.74, 6) is -15.7. The lowest BCUT2D eigenvalue weighted by molar-refractivity contribution is -0.147. The second-order valence-corrected chi connectivity index (χ2v) is 16.5. The van der Waals surface area contributed by atoms with Crippen molar-refractivity contribution in [2.75, 3.05) is 13.2 Å². The third-order valence-electron chi connectivity index (χ3n) is 9.32. The molecule has 0 fully saturated rings. The van der Waals surface area contributed by atoms with Gasteiger partial charge in [0.15, 0.2) is 0 Å². The largest absolute Gasteiger partial charge is 0.481 e. The van der Waals surface area contributed by atoms with E-state index >= 15 is 0 Å². The van der Waals surface area contributed by atoms with Crippen LogP contribution in [0, 0.1) is 17.8 Å². The minimum Gasteiger partial charge on any atom is -0.481 e. The van der Waals surface area contributed by atoms with E-state index in [9.17, 15) is 78.0 Å². The van der Waals surface area contributed by atoms with Crippen molar-refractivity contribution in [3.05, 3.63) is 0 Å². The maximum atomic E-state index is 13.7. The molecular formula is C39H65N9O18. The second kappa shape index (κ2) is 29.1. The Kier molecular flexibility index (Phi) is 26.3. The van der Waals surface area contributed by atoms with E-state index in [-0.39, 0.29) is 31.1 Å². The van der Waals surface area contributed by atoms with Crippen molar-refractivity contribution in [2.24, 2.45) is 23.5 Å². The number of aliphatic carboxylic acids is 4. The molecular weight excluding hydrogens is 882 g/mol. The van der Waals surface area contributed by atoms with E-state index < -0.39 is 164 Å². The lowest BCUT2D eigenvalue weighted by atomic mass is 9.99. The fraction of sp³-hybridized carbons (Fsp3) is 0.692. The Hall–Kier alpha value is -6.48. The van der Waals surface area contributed by atoms with E-state index in [0.717, 1.165) is 0 Å². The molecule has 0 aliphatic carbocycles. The first-order chi connectivity index (χ1) is 30.5. The molecule has 0 saturated heterocycles. The number of nitrogens with one attached hydrogen (secondary N) is 8. The number of rotatable bonds is 31. The molecule has 27 nitrogen and oxygen atoms in total. The van der Waals surface area contributed by atoms with Crippen LogP contribution >= 0.6 is 0 Å². The van der Waals surface area contributed by atoms with Crippen molar-refractivity contribution in [2.45, 2.75) is 141 Å². The standard InChI is InChI=1S/C39H65N9O18/c1-16(2)10-21(42-31(57)19(7)41-38(64)30(18(5)6)48-32(58)20(40)8-9-27(51)52)33(59)43-22(11-17(3)4)34(60)46-25(14-49)36(62)44-23(12-28(53)54)35(61)47-26(15-50)37(63)45-24(39(65)66)13-29(55)56/h16-26,30,49-50H,8-15,40H2,1-7H3,(H,41,64)(H,42,57)(H,43,59)(H,44,62)(H,45,63)(H,46,60)(H,47,61)(H,48,58)(H,51,52)(H,53,54)(H,55,56)(H,65,66)/t19-,20-,21-,22-,23-,24-,25-,26-,30-/m0/s1. The molecule has 0 heterocycles. The molecule has 0 aliphatic rings. The number of carbonyl (C=O) groups excluding carboxylic acids is 8. The van der Waals surface area contributed by atoms with Gasteiger partial charge in [0, 0.05) is 6.42 Å². The van der Waals surface area contributed by atoms with Crippen LogP contribution in [0.5, 0.6) is 0 Å². The molecule has 27 heteroatoms. The van der Waals surface area contributed by atoms with Crippen molar-refractivity contribution in [3.63, 3.8) is 0 Å². The molecule has 0 spiro atoms. The zero-order valence-electron chi connectivity index (χ0n) is 37.7. The van der Waals surface area contributed by atoms with Crippen molar-refractivity contribution < 1.29 is 88.2 Å². The van der Waals surface area contributed by atoms with Crippen LogP contribution in [0.15, 0.2) is 0 Å². The van der Waals surface area contributed by atoms with Gasteiger partial charge in [-0.05, 0) is 43.9 Å². The minimum absolute atomic E-state index is 0.0170. The number of carbonyl (C=O) groups is 12. The van der Waals surface area contributed by atoms with Crippen LogP contribution in [0.25, 0.3) is 0 Å². The number of aliphatic hydroxyl groups excluding tert-OH is 2. The molecule has 0 radical (unpaired) electrons. The molecule has 16 N–H and O–H groups in total. The van der Waals surface area contributed by atoms with Gasteiger partial charge in [-0.3, -0.25) is 52.7 Å². The molecule has 0 bridgehead atoms. The number of nitrogens with two attached hydrogens (primary N) is 1. The third-order valence-corrected chi connectivity index (χ3v) is 9.32. The van der Waals surface area contributed by atoms with Crippen LogP contribution in [-0.4, -0.2) is 169 Å². The Balaban J connectivity index is 6.11. The predicted molar refractivity (Wildman–Crippen MR) is 226 cm³/mol. The molecule has 0 saturated carbocycles. The van der Waals surface area contributed by atoms with Crippen molar-refractivity contribution in [1.29, 1.82) is 0 Å². The second-order valence-electron chi connectivity index (χ2n) is 16.5. The fourth-order valence-electron chi connectivity index (χ4n) is 5.78. The average molecular weight is 948 g/mol. The summed E-state index contributed by atoms with van der Waals surface area (Å²) in [6, 6.07) is -14.4. The van der Waals surface area contributed by atoms with Gasteiger partial charge in [-0.2, -0.15) is 0 Å². The summed E-state index contributed by atoms with van der Waals surface area (Å²) < 4.78 is 0. The summed E-state index contributed by atoms with van der Waals surface area (Å²) in [5, 5.41) is 74.0. The zero-order valence-corrected chi connectivity index (χ0v) is 37.7. The highest BCUT2D eigenvalue weighted by atomic mass is 16.4. The van der Waals surface area contributed by atoms with Crippen molar-refractivity contribution in [1.82, 2.24) is 42.5 Å². The van der Waals surface area contributed by atoms with Crippen LogP contribution in [0.3, 0.4) is 0 Å². The van der Waals surface area contributed by atoms with Crippen LogP contribution in [-0.2, 0) is 57.5 Å². The van der Waals surface area contributed by atoms with E-state index in [1.807, 2.05) is 10.6 Å². The van der Waals surface area contributed by atoms with Gasteiger partial charge in [-0.1, -0.05) is 41.5 Å². The Morgan fingerprint density at radius 1 is 0.424 bits per heavy atom. The van der Waals surface area contributed by atoms with E-state index in [1.165, 1.54) is 6.92 Å². The molecule has 0 aromatic heterocycles. The molecule has 0 aromatic carbocycles. The number of amides is 8. The molecule has 0 unspecified atom stereocenters. The van der Waals surface area contributed by atoms with Gasteiger partial charge < -0.3 is 78.9 Å². The van der Waals surface area contributed by atoms with E-state index in [0.29, 0.717) is 0 Å². The summed E-state index contributed by atoms with van der Waals surface area (Å²) in [4.78, 5) is 150. The van der Waals surface area contributed by atoms with E-state index in [1.54, 1.807) is 46.9 Å². The first kappa shape index (κ1) is 59.5. The lowest BCUT2D eigenvalue weighted by Crippen LogP contribution is -2.61. The van der Waals surface area contributed by atoms with Gasteiger partial charge in [0.25, 0.3) is 0 Å². The Morgan fingerprint density at radius 2 is 0.788 bits per heavy atom. The highest BCUT2D eigenvalue weighted by Crippen LogP contribution is 2.11. The molecule has 0 aliphatic heterocycles. The summed E-state index contributed by atoms with van der Waals surface area (Å²) in [6.45, 7) is 8.99. The number of carboxylic acid groups (broad SMARTS) is 4. The Labute approximate surface area is 379 Å². The van der Waals surface area contributed by atoms with Gasteiger partial charge >= 0.3 is 23.9 Å². The Bertz CT molecular complexity index is 1760. The molecule has 374 valence electrons. The third kappa shape index (κ3) is 22.4. The molecule has 8 amide bonds. The van der Waals surface area contributed by atoms with Gasteiger partial charge in [0.05, 0.1) is 32.1 Å². The Morgan fingerprint density at radius 3 is 1.17 bits per heavy atom. The molecule has 0 rings (SSSR count). The summed E-state index contributed by atoms with van der Waals surface area (Å²) in [6.07, 6.45) is -2.88. The average Bonchev–Trinajstić information content (AvgIpc) is 3.20. The zero-order chi connectivity index (χ0) is 51.2. The van der Waals surface area contributed by atoms with Crippen LogP contribution in [0.1, 0.15) is 87.0 Å². The summed E-state index contributed by atoms with van der Waals surface area (Å²) in [7, 11) is 0. The number of hydrogen-bond donors (Lipinski definition) is 15. The van der Waals surface area contributed by atoms with Crippen LogP contribution in [0.4, 0.5) is 0 Å². The molecule has 0 aromatic rings. The lowest BCUT2D eigenvalue weighted by Gasteiger charge is -2.28.